The molecule has 2 spiro atoms. The van der Waals surface area contributed by atoms with Crippen molar-refractivity contribution in [2.45, 2.75) is 95.5 Å². The van der Waals surface area contributed by atoms with Crippen LogP contribution in [0.3, 0.4) is 0 Å². The first kappa shape index (κ1) is 41.0. The molecule has 8 heterocycles. The lowest BCUT2D eigenvalue weighted by Crippen LogP contribution is -2.65. The number of amides is 4. The van der Waals surface area contributed by atoms with Crippen molar-refractivity contribution in [2.75, 3.05) is 13.1 Å². The molecule has 2 saturated carbocycles. The molecule has 12 rings (SSSR count). The van der Waals surface area contributed by atoms with Gasteiger partial charge in [-0.1, -0.05) is 18.2 Å². The van der Waals surface area contributed by atoms with E-state index < -0.39 is 51.6 Å². The van der Waals surface area contributed by atoms with Gasteiger partial charge in [-0.05, 0) is 87.8 Å². The van der Waals surface area contributed by atoms with Gasteiger partial charge in [0.2, 0.25) is 10.9 Å². The van der Waals surface area contributed by atoms with Gasteiger partial charge in [-0.3, -0.25) is 28.8 Å². The number of nitrogens with one attached hydrogen (secondary N) is 2. The van der Waals surface area contributed by atoms with Gasteiger partial charge in [0.25, 0.3) is 23.6 Å². The molecule has 14 nitrogen and oxygen atoms in total. The van der Waals surface area contributed by atoms with Crippen molar-refractivity contribution in [1.82, 2.24) is 29.6 Å². The van der Waals surface area contributed by atoms with Crippen LogP contribution in [-0.2, 0) is 26.2 Å². The summed E-state index contributed by atoms with van der Waals surface area (Å²) in [5.41, 5.74) is -2.12. The number of benzene rings is 2. The molecule has 6 fully saturated rings. The molecule has 0 atom stereocenters. The minimum atomic E-state index is -0.949. The van der Waals surface area contributed by atoms with Gasteiger partial charge in [0.1, 0.15) is 28.6 Å². The number of nitrogens with zero attached hydrogens (tertiary/aromatic N) is 4. The Morgan fingerprint density at radius 1 is 0.661 bits per heavy atom. The molecule has 0 unspecified atom stereocenters. The van der Waals surface area contributed by atoms with E-state index >= 15 is 0 Å². The van der Waals surface area contributed by atoms with Crippen molar-refractivity contribution >= 4 is 23.6 Å². The topological polar surface area (TPSA) is 183 Å². The number of hydrogen-bond donors (Lipinski definition) is 4. The zero-order chi connectivity index (χ0) is 43.8. The van der Waals surface area contributed by atoms with Gasteiger partial charge in [0, 0.05) is 68.9 Å². The van der Waals surface area contributed by atoms with Crippen LogP contribution in [0.25, 0.3) is 0 Å². The summed E-state index contributed by atoms with van der Waals surface area (Å²) in [6.07, 6.45) is 10.3. The summed E-state index contributed by atoms with van der Waals surface area (Å²) in [4.78, 5) is 80.6. The second-order valence-electron chi connectivity index (χ2n) is 17.8. The molecular formula is C45H45F3N6O8. The summed E-state index contributed by atoms with van der Waals surface area (Å²) in [7, 11) is 0. The molecule has 2 aromatic carbocycles. The highest BCUT2D eigenvalue weighted by molar-refractivity contribution is 6.00. The Kier molecular flexibility index (Phi) is 10.0. The summed E-state index contributed by atoms with van der Waals surface area (Å²) in [5, 5.41) is 26.0. The van der Waals surface area contributed by atoms with Crippen molar-refractivity contribution in [3.63, 3.8) is 0 Å². The van der Waals surface area contributed by atoms with E-state index in [4.69, 9.17) is 0 Å². The van der Waals surface area contributed by atoms with Crippen LogP contribution in [0.15, 0.2) is 58.4 Å². The summed E-state index contributed by atoms with van der Waals surface area (Å²) in [5.74, 6) is -4.77. The molecule has 62 heavy (non-hydrogen) atoms. The van der Waals surface area contributed by atoms with E-state index in [0.29, 0.717) is 49.6 Å². The number of aromatic hydroxyl groups is 2. The number of fused-ring (bicyclic) bond motifs is 6. The van der Waals surface area contributed by atoms with Crippen LogP contribution in [0, 0.1) is 36.2 Å². The molecule has 4 aromatic rings. The van der Waals surface area contributed by atoms with Crippen LogP contribution in [-0.4, -0.2) is 76.9 Å². The number of pyridine rings is 2. The average molecular weight is 855 g/mol. The number of aryl methyl sites for hydroxylation is 1. The van der Waals surface area contributed by atoms with Crippen molar-refractivity contribution in [3.05, 3.63) is 126 Å². The maximum absolute atomic E-state index is 14.1. The predicted molar refractivity (Wildman–Crippen MR) is 216 cm³/mol. The Hall–Kier alpha value is -6.39. The lowest BCUT2D eigenvalue weighted by Gasteiger charge is -2.57. The number of carbonyl (C=O) groups is 4. The van der Waals surface area contributed by atoms with Gasteiger partial charge in [-0.15, -0.1) is 0 Å². The highest BCUT2D eigenvalue weighted by Crippen LogP contribution is 2.48. The molecule has 4 saturated heterocycles. The normalized spacial score (nSPS) is 24.0. The van der Waals surface area contributed by atoms with E-state index in [9.17, 15) is 52.2 Å². The first-order valence-electron chi connectivity index (χ1n) is 20.9. The predicted octanol–water partition coefficient (Wildman–Crippen LogP) is 4.49. The minimum Gasteiger partial charge on any atom is -0.503 e. The first-order chi connectivity index (χ1) is 29.6. The van der Waals surface area contributed by atoms with Gasteiger partial charge in [-0.25, -0.2) is 13.2 Å². The standard InChI is InChI=1S/C23H24FN3O4.C22H21F2N3O4/c1-13-2-3-15(17(24)8-13)9-25-21(30)16-11-26-12-23-6-4-14(5-7-23)10-27(23)22(31)18(26)20(29)19(16)28;23-14-2-1-13(16(24)7-14)8-25-20(30)15-10-26-11-22-5-3-12(4-6-22)9-27(22)21(31)17(26)19(29)18(15)28/h2-3,8,11,14,29H,4-7,9-10,12H2,1H3,(H,25,30);1-2,7,10,12,29H,3-6,8-9,11H2,(H,25,30). The van der Waals surface area contributed by atoms with Gasteiger partial charge >= 0.3 is 0 Å². The number of piperidine rings is 4. The fraction of sp³-hybridized carbons (Fsp3) is 0.422. The number of carbonyl (C=O) groups excluding carboxylic acids is 4. The maximum Gasteiger partial charge on any atom is 0.275 e. The molecule has 324 valence electrons. The largest absolute Gasteiger partial charge is 0.503 e. The third-order valence-corrected chi connectivity index (χ3v) is 14.0. The van der Waals surface area contributed by atoms with Crippen molar-refractivity contribution in [3.8, 4) is 11.5 Å². The van der Waals surface area contributed by atoms with E-state index in [-0.39, 0.29) is 64.1 Å². The molecule has 17 heteroatoms. The smallest absolute Gasteiger partial charge is 0.275 e. The van der Waals surface area contributed by atoms with Gasteiger partial charge in [0.15, 0.2) is 22.9 Å². The van der Waals surface area contributed by atoms with Crippen LogP contribution in [0.1, 0.15) is 110 Å². The van der Waals surface area contributed by atoms with Gasteiger partial charge in [0.05, 0.1) is 11.1 Å². The lowest BCUT2D eigenvalue weighted by molar-refractivity contribution is -0.0393. The molecule has 2 aliphatic carbocycles. The first-order valence-corrected chi connectivity index (χ1v) is 20.9. The summed E-state index contributed by atoms with van der Waals surface area (Å²) in [6, 6.07) is 7.66. The second kappa shape index (κ2) is 15.2. The van der Waals surface area contributed by atoms with E-state index in [1.54, 1.807) is 28.5 Å². The molecule has 2 aromatic heterocycles. The van der Waals surface area contributed by atoms with Crippen molar-refractivity contribution in [2.24, 2.45) is 11.8 Å². The summed E-state index contributed by atoms with van der Waals surface area (Å²) in [6.45, 7) is 3.54. The van der Waals surface area contributed by atoms with Crippen molar-refractivity contribution < 1.29 is 42.6 Å². The Morgan fingerprint density at radius 3 is 1.50 bits per heavy atom. The number of rotatable bonds is 6. The SMILES string of the molecule is Cc1ccc(CNC(=O)c2cn3c(c(O)c2=O)C(=O)N2CC4CCC2(CC4)C3)c(F)c1.O=C(NCc1ccc(F)cc1F)c1cn2c(c(O)c1=O)C(=O)N1CC3CCC1(CC3)C2. The van der Waals surface area contributed by atoms with Crippen LogP contribution >= 0.6 is 0 Å². The third-order valence-electron chi connectivity index (χ3n) is 14.0. The summed E-state index contributed by atoms with van der Waals surface area (Å²) < 4.78 is 44.0. The second-order valence-corrected chi connectivity index (χ2v) is 17.8. The van der Waals surface area contributed by atoms with Crippen LogP contribution in [0.5, 0.6) is 11.5 Å². The lowest BCUT2D eigenvalue weighted by atomic mass is 9.69. The molecule has 0 radical (unpaired) electrons. The fourth-order valence-electron chi connectivity index (χ4n) is 10.5. The molecule has 8 aliphatic rings. The Labute approximate surface area is 353 Å². The minimum absolute atomic E-state index is 0.0516. The average Bonchev–Trinajstić information content (AvgIpc) is 3.25. The Morgan fingerprint density at radius 2 is 1.08 bits per heavy atom. The fourth-order valence-corrected chi connectivity index (χ4v) is 10.5. The maximum atomic E-state index is 14.1. The highest BCUT2D eigenvalue weighted by atomic mass is 19.1. The van der Waals surface area contributed by atoms with E-state index in [1.807, 2.05) is 4.90 Å². The van der Waals surface area contributed by atoms with Gasteiger partial charge in [-0.2, -0.15) is 0 Å². The Balaban J connectivity index is 0.000000158. The van der Waals surface area contributed by atoms with Crippen LogP contribution in [0.2, 0.25) is 0 Å². The van der Waals surface area contributed by atoms with Crippen molar-refractivity contribution in [1.29, 1.82) is 0 Å². The highest BCUT2D eigenvalue weighted by Gasteiger charge is 2.54. The van der Waals surface area contributed by atoms with Gasteiger partial charge < -0.3 is 39.8 Å². The molecule has 4 N–H and O–H groups in total. The van der Waals surface area contributed by atoms with E-state index in [0.717, 1.165) is 63.0 Å². The number of aromatic nitrogens is 2. The zero-order valence-corrected chi connectivity index (χ0v) is 33.9. The van der Waals surface area contributed by atoms with Crippen LogP contribution < -0.4 is 21.5 Å². The van der Waals surface area contributed by atoms with E-state index in [2.05, 4.69) is 10.6 Å². The monoisotopic (exact) mass is 854 g/mol. The molecule has 4 bridgehead atoms. The molecule has 6 aliphatic heterocycles. The number of hydrogen-bond acceptors (Lipinski definition) is 8. The van der Waals surface area contributed by atoms with E-state index in [1.165, 1.54) is 29.1 Å². The Bertz CT molecular complexity index is 2520. The zero-order valence-electron chi connectivity index (χ0n) is 33.9. The quantitative estimate of drug-likeness (QED) is 0.219. The number of halogens is 3. The molecular weight excluding hydrogens is 810 g/mol. The third kappa shape index (κ3) is 6.81. The molecule has 4 amide bonds. The van der Waals surface area contributed by atoms with Crippen LogP contribution in [0.4, 0.5) is 13.2 Å². The summed E-state index contributed by atoms with van der Waals surface area (Å²) >= 11 is 0.